The van der Waals surface area contributed by atoms with E-state index in [0.717, 1.165) is 0 Å². The summed E-state index contributed by atoms with van der Waals surface area (Å²) in [6.45, 7) is 2.08. The van der Waals surface area contributed by atoms with Gasteiger partial charge in [-0.25, -0.2) is 0 Å². The number of hydrogen-bond acceptors (Lipinski definition) is 1. The van der Waals surface area contributed by atoms with Crippen LogP contribution >= 0.6 is 11.8 Å². The van der Waals surface area contributed by atoms with E-state index in [-0.39, 0.29) is 0 Å². The molecule has 0 radical (unpaired) electrons. The summed E-state index contributed by atoms with van der Waals surface area (Å²) >= 11 is 1.75. The summed E-state index contributed by atoms with van der Waals surface area (Å²) in [5.74, 6) is 0. The van der Waals surface area contributed by atoms with Crippen molar-refractivity contribution in [2.24, 2.45) is 0 Å². The molecule has 0 saturated heterocycles. The largest absolute Gasteiger partial charge is 0.169 e. The standard InChI is InChI=1S/C7H8.C2H6S/c1-7-5-3-2-4-6-7;1-3-2/h2-6H,1H3;1-2H3. The van der Waals surface area contributed by atoms with Crippen molar-refractivity contribution in [3.8, 4) is 0 Å². The van der Waals surface area contributed by atoms with Crippen molar-refractivity contribution in [1.29, 1.82) is 0 Å². The van der Waals surface area contributed by atoms with E-state index in [0.29, 0.717) is 0 Å². The van der Waals surface area contributed by atoms with Crippen LogP contribution in [0.25, 0.3) is 0 Å². The van der Waals surface area contributed by atoms with Gasteiger partial charge in [0, 0.05) is 0 Å². The van der Waals surface area contributed by atoms with E-state index >= 15 is 0 Å². The first-order valence-corrected chi connectivity index (χ1v) is 4.86. The summed E-state index contributed by atoms with van der Waals surface area (Å²) in [7, 11) is 0. The number of rotatable bonds is 0. The van der Waals surface area contributed by atoms with Gasteiger partial charge < -0.3 is 0 Å². The first-order chi connectivity index (χ1) is 4.81. The second-order valence-corrected chi connectivity index (χ2v) is 2.88. The molecular weight excluding hydrogens is 140 g/mol. The molecule has 1 rings (SSSR count). The highest BCUT2D eigenvalue weighted by molar-refractivity contribution is 7.97. The van der Waals surface area contributed by atoms with Crippen LogP contribution in [0.5, 0.6) is 0 Å². The number of aryl methyl sites for hydroxylation is 1. The highest BCUT2D eigenvalue weighted by atomic mass is 32.2. The van der Waals surface area contributed by atoms with Crippen LogP contribution in [-0.2, 0) is 0 Å². The van der Waals surface area contributed by atoms with Crippen LogP contribution in [0.1, 0.15) is 5.56 Å². The Balaban J connectivity index is 0.000000236. The van der Waals surface area contributed by atoms with Crippen LogP contribution in [0.15, 0.2) is 30.3 Å². The zero-order valence-electron chi connectivity index (χ0n) is 6.79. The van der Waals surface area contributed by atoms with Crippen LogP contribution in [0.4, 0.5) is 0 Å². The monoisotopic (exact) mass is 154 g/mol. The van der Waals surface area contributed by atoms with Gasteiger partial charge in [0.05, 0.1) is 0 Å². The molecule has 0 unspecified atom stereocenters. The minimum absolute atomic E-state index is 1.32. The fourth-order valence-corrected chi connectivity index (χ4v) is 0.534. The maximum atomic E-state index is 2.08. The Kier molecular flexibility index (Phi) is 6.40. The molecule has 0 aliphatic carbocycles. The minimum Gasteiger partial charge on any atom is -0.169 e. The zero-order valence-corrected chi connectivity index (χ0v) is 7.61. The molecule has 0 aromatic heterocycles. The Morgan fingerprint density at radius 2 is 1.40 bits per heavy atom. The van der Waals surface area contributed by atoms with E-state index in [4.69, 9.17) is 0 Å². The van der Waals surface area contributed by atoms with Crippen molar-refractivity contribution < 1.29 is 0 Å². The molecule has 0 aliphatic heterocycles. The molecule has 0 saturated carbocycles. The van der Waals surface area contributed by atoms with Crippen molar-refractivity contribution in [1.82, 2.24) is 0 Å². The molecule has 1 aromatic rings. The second kappa shape index (κ2) is 6.69. The number of benzene rings is 1. The molecule has 0 amide bonds. The van der Waals surface area contributed by atoms with Gasteiger partial charge >= 0.3 is 0 Å². The Morgan fingerprint density at radius 1 is 1.00 bits per heavy atom. The quantitative estimate of drug-likeness (QED) is 0.553. The third-order valence-electron chi connectivity index (χ3n) is 0.940. The third-order valence-corrected chi connectivity index (χ3v) is 0.940. The minimum atomic E-state index is 1.32. The molecule has 0 bridgehead atoms. The lowest BCUT2D eigenvalue weighted by Gasteiger charge is -1.82. The Bertz CT molecular complexity index is 146. The predicted octanol–water partition coefficient (Wildman–Crippen LogP) is 2.97. The van der Waals surface area contributed by atoms with Gasteiger partial charge in [0.1, 0.15) is 0 Å². The summed E-state index contributed by atoms with van der Waals surface area (Å²) in [4.78, 5) is 0. The molecule has 0 nitrogen and oxygen atoms in total. The average Bonchev–Trinajstić information content (AvgIpc) is 1.91. The Hall–Kier alpha value is -0.430. The maximum Gasteiger partial charge on any atom is -0.0187 e. The molecule has 56 valence electrons. The molecule has 0 heterocycles. The van der Waals surface area contributed by atoms with Gasteiger partial charge in [-0.15, -0.1) is 0 Å². The smallest absolute Gasteiger partial charge is 0.0187 e. The average molecular weight is 154 g/mol. The van der Waals surface area contributed by atoms with Gasteiger partial charge in [-0.1, -0.05) is 35.9 Å². The lowest BCUT2D eigenvalue weighted by molar-refractivity contribution is 1.48. The summed E-state index contributed by atoms with van der Waals surface area (Å²) in [5, 5.41) is 0. The molecule has 0 N–H and O–H groups in total. The van der Waals surface area contributed by atoms with E-state index < -0.39 is 0 Å². The number of thioether (sulfide) groups is 1. The third kappa shape index (κ3) is 5.70. The molecule has 0 fully saturated rings. The van der Waals surface area contributed by atoms with Gasteiger partial charge in [0.2, 0.25) is 0 Å². The Morgan fingerprint density at radius 3 is 1.60 bits per heavy atom. The summed E-state index contributed by atoms with van der Waals surface area (Å²) < 4.78 is 0. The van der Waals surface area contributed by atoms with Crippen LogP contribution in [-0.4, -0.2) is 12.5 Å². The highest BCUT2D eigenvalue weighted by Crippen LogP contribution is 1.92. The molecule has 0 atom stereocenters. The van der Waals surface area contributed by atoms with Crippen molar-refractivity contribution in [3.05, 3.63) is 35.9 Å². The summed E-state index contributed by atoms with van der Waals surface area (Å²) in [5.41, 5.74) is 1.32. The van der Waals surface area contributed by atoms with Crippen molar-refractivity contribution in [2.45, 2.75) is 6.92 Å². The molecular formula is C9H14S. The van der Waals surface area contributed by atoms with E-state index in [1.807, 2.05) is 30.7 Å². The van der Waals surface area contributed by atoms with Crippen molar-refractivity contribution >= 4 is 11.8 Å². The summed E-state index contributed by atoms with van der Waals surface area (Å²) in [6.07, 6.45) is 4.08. The molecule has 0 aliphatic rings. The lowest BCUT2D eigenvalue weighted by atomic mass is 10.2. The van der Waals surface area contributed by atoms with Crippen LogP contribution in [0, 0.1) is 6.92 Å². The summed E-state index contributed by atoms with van der Waals surface area (Å²) in [6, 6.07) is 10.3. The topological polar surface area (TPSA) is 0 Å². The molecule has 10 heavy (non-hydrogen) atoms. The first kappa shape index (κ1) is 9.57. The Labute approximate surface area is 67.7 Å². The molecule has 1 aromatic carbocycles. The zero-order chi connectivity index (χ0) is 7.82. The van der Waals surface area contributed by atoms with Crippen molar-refractivity contribution in [2.75, 3.05) is 12.5 Å². The lowest BCUT2D eigenvalue weighted by Crippen LogP contribution is -1.62. The van der Waals surface area contributed by atoms with Gasteiger partial charge in [-0.3, -0.25) is 0 Å². The normalized spacial score (nSPS) is 7.90. The van der Waals surface area contributed by atoms with Crippen LogP contribution in [0.2, 0.25) is 0 Å². The second-order valence-electron chi connectivity index (χ2n) is 2.06. The van der Waals surface area contributed by atoms with Gasteiger partial charge in [-0.05, 0) is 19.4 Å². The predicted molar refractivity (Wildman–Crippen MR) is 50.6 cm³/mol. The van der Waals surface area contributed by atoms with E-state index in [1.54, 1.807) is 11.8 Å². The SMILES string of the molecule is CSC.Cc1ccccc1. The highest BCUT2D eigenvalue weighted by Gasteiger charge is 1.72. The maximum absolute atomic E-state index is 2.08. The molecule has 1 heteroatoms. The molecule has 0 spiro atoms. The van der Waals surface area contributed by atoms with Crippen molar-refractivity contribution in [3.63, 3.8) is 0 Å². The van der Waals surface area contributed by atoms with Gasteiger partial charge in [0.15, 0.2) is 0 Å². The van der Waals surface area contributed by atoms with Crippen LogP contribution in [0.3, 0.4) is 0 Å². The van der Waals surface area contributed by atoms with E-state index in [9.17, 15) is 0 Å². The number of hydrogen-bond donors (Lipinski definition) is 0. The van der Waals surface area contributed by atoms with Gasteiger partial charge in [-0.2, -0.15) is 11.8 Å². The van der Waals surface area contributed by atoms with E-state index in [2.05, 4.69) is 19.1 Å². The van der Waals surface area contributed by atoms with E-state index in [1.165, 1.54) is 5.56 Å². The fourth-order valence-electron chi connectivity index (χ4n) is 0.534. The van der Waals surface area contributed by atoms with Crippen LogP contribution < -0.4 is 0 Å². The first-order valence-electron chi connectivity index (χ1n) is 3.23. The van der Waals surface area contributed by atoms with Gasteiger partial charge in [0.25, 0.3) is 0 Å². The fraction of sp³-hybridized carbons (Fsp3) is 0.333.